The molecule has 4 heteroatoms. The summed E-state index contributed by atoms with van der Waals surface area (Å²) < 4.78 is 10.2. The van der Waals surface area contributed by atoms with E-state index in [9.17, 15) is 4.79 Å². The number of furan rings is 2. The summed E-state index contributed by atoms with van der Waals surface area (Å²) in [7, 11) is 0. The topological polar surface area (TPSA) is 63.6 Å². The Labute approximate surface area is 79.8 Å². The van der Waals surface area contributed by atoms with Crippen LogP contribution < -0.4 is 0 Å². The van der Waals surface area contributed by atoms with Crippen molar-refractivity contribution in [2.75, 3.05) is 0 Å². The van der Waals surface area contributed by atoms with E-state index in [1.54, 1.807) is 6.07 Å². The van der Waals surface area contributed by atoms with Gasteiger partial charge in [-0.25, -0.2) is 4.79 Å². The van der Waals surface area contributed by atoms with Gasteiger partial charge in [-0.05, 0) is 24.6 Å². The number of aryl methyl sites for hydroxylation is 1. The highest BCUT2D eigenvalue weighted by atomic mass is 16.4. The smallest absolute Gasteiger partial charge is 0.339 e. The van der Waals surface area contributed by atoms with E-state index in [1.807, 2.05) is 6.92 Å². The van der Waals surface area contributed by atoms with E-state index in [0.717, 1.165) is 5.56 Å². The molecule has 0 aromatic carbocycles. The molecule has 72 valence electrons. The summed E-state index contributed by atoms with van der Waals surface area (Å²) >= 11 is 0. The van der Waals surface area contributed by atoms with Gasteiger partial charge >= 0.3 is 5.97 Å². The number of carboxylic acid groups (broad SMARTS) is 1. The second kappa shape index (κ2) is 3.06. The fraction of sp³-hybridized carbons (Fsp3) is 0.100. The van der Waals surface area contributed by atoms with Crippen molar-refractivity contribution in [3.05, 3.63) is 35.8 Å². The Morgan fingerprint density at radius 3 is 2.43 bits per heavy atom. The molecule has 0 aliphatic carbocycles. The summed E-state index contributed by atoms with van der Waals surface area (Å²) in [4.78, 5) is 10.8. The molecule has 1 N–H and O–H groups in total. The van der Waals surface area contributed by atoms with Crippen molar-refractivity contribution in [2.45, 2.75) is 6.92 Å². The lowest BCUT2D eigenvalue weighted by Gasteiger charge is -1.95. The van der Waals surface area contributed by atoms with Gasteiger partial charge in [0.2, 0.25) is 0 Å². The lowest BCUT2D eigenvalue weighted by Crippen LogP contribution is -1.95. The third-order valence-corrected chi connectivity index (χ3v) is 1.96. The highest BCUT2D eigenvalue weighted by Gasteiger charge is 2.18. The molecule has 14 heavy (non-hydrogen) atoms. The maximum atomic E-state index is 10.8. The van der Waals surface area contributed by atoms with Gasteiger partial charge in [-0.3, -0.25) is 0 Å². The van der Waals surface area contributed by atoms with E-state index in [-0.39, 0.29) is 11.3 Å². The van der Waals surface area contributed by atoms with Crippen LogP contribution in [0.2, 0.25) is 0 Å². The molecule has 0 amide bonds. The van der Waals surface area contributed by atoms with Crippen LogP contribution in [0.5, 0.6) is 0 Å². The Kier molecular flexibility index (Phi) is 1.89. The van der Waals surface area contributed by atoms with E-state index < -0.39 is 5.97 Å². The van der Waals surface area contributed by atoms with Crippen LogP contribution in [-0.4, -0.2) is 11.1 Å². The minimum atomic E-state index is -1.02. The van der Waals surface area contributed by atoms with Crippen LogP contribution >= 0.6 is 0 Å². The lowest BCUT2D eigenvalue weighted by atomic mass is 10.1. The highest BCUT2D eigenvalue weighted by Crippen LogP contribution is 2.28. The van der Waals surface area contributed by atoms with Gasteiger partial charge in [-0.15, -0.1) is 0 Å². The van der Waals surface area contributed by atoms with E-state index in [0.29, 0.717) is 5.76 Å². The van der Waals surface area contributed by atoms with Crippen LogP contribution in [-0.2, 0) is 0 Å². The lowest BCUT2D eigenvalue weighted by molar-refractivity contribution is 0.0697. The third kappa shape index (κ3) is 1.21. The molecule has 0 saturated carbocycles. The van der Waals surface area contributed by atoms with Crippen molar-refractivity contribution in [3.63, 3.8) is 0 Å². The molecule has 2 aromatic heterocycles. The van der Waals surface area contributed by atoms with E-state index in [1.165, 1.54) is 18.6 Å². The number of hydrogen-bond acceptors (Lipinski definition) is 3. The molecule has 0 aliphatic heterocycles. The normalized spacial score (nSPS) is 10.4. The summed E-state index contributed by atoms with van der Waals surface area (Å²) in [5.74, 6) is -0.294. The van der Waals surface area contributed by atoms with Crippen LogP contribution in [0.15, 0.2) is 33.5 Å². The molecule has 4 nitrogen and oxygen atoms in total. The molecule has 0 fully saturated rings. The van der Waals surface area contributed by atoms with Crippen LogP contribution in [0.4, 0.5) is 0 Å². The first kappa shape index (κ1) is 8.62. The largest absolute Gasteiger partial charge is 0.478 e. The second-order valence-electron chi connectivity index (χ2n) is 2.90. The highest BCUT2D eigenvalue weighted by molar-refractivity contribution is 5.93. The molecule has 0 unspecified atom stereocenters. The predicted octanol–water partition coefficient (Wildman–Crippen LogP) is 2.55. The number of aromatic carboxylic acids is 1. The number of hydrogen-bond donors (Lipinski definition) is 1. The van der Waals surface area contributed by atoms with E-state index >= 15 is 0 Å². The minimum Gasteiger partial charge on any atom is -0.478 e. The Hall–Kier alpha value is -1.97. The van der Waals surface area contributed by atoms with Gasteiger partial charge in [-0.2, -0.15) is 0 Å². The summed E-state index contributed by atoms with van der Waals surface area (Å²) in [6.07, 6.45) is 2.83. The fourth-order valence-electron chi connectivity index (χ4n) is 1.26. The monoisotopic (exact) mass is 192 g/mol. The SMILES string of the molecule is Cc1ccoc1-c1occc1C(=O)O. The molecular formula is C10H8O4. The van der Waals surface area contributed by atoms with E-state index in [2.05, 4.69) is 0 Å². The van der Waals surface area contributed by atoms with Crippen molar-refractivity contribution in [1.29, 1.82) is 0 Å². The van der Waals surface area contributed by atoms with Crippen LogP contribution in [0.3, 0.4) is 0 Å². The van der Waals surface area contributed by atoms with Crippen molar-refractivity contribution in [1.82, 2.24) is 0 Å². The maximum absolute atomic E-state index is 10.8. The van der Waals surface area contributed by atoms with Crippen molar-refractivity contribution >= 4 is 5.97 Å². The first-order chi connectivity index (χ1) is 6.70. The zero-order valence-corrected chi connectivity index (χ0v) is 7.48. The average Bonchev–Trinajstić information content (AvgIpc) is 2.70. The number of carboxylic acids is 1. The van der Waals surface area contributed by atoms with Gasteiger partial charge in [0.1, 0.15) is 5.56 Å². The van der Waals surface area contributed by atoms with Gasteiger partial charge in [0.15, 0.2) is 11.5 Å². The Balaban J connectivity index is 2.57. The van der Waals surface area contributed by atoms with Gasteiger partial charge in [-0.1, -0.05) is 0 Å². The quantitative estimate of drug-likeness (QED) is 0.794. The van der Waals surface area contributed by atoms with Gasteiger partial charge in [0.05, 0.1) is 12.5 Å². The van der Waals surface area contributed by atoms with Gasteiger partial charge in [0.25, 0.3) is 0 Å². The molecule has 0 spiro atoms. The first-order valence-electron chi connectivity index (χ1n) is 4.05. The molecule has 0 atom stereocenters. The minimum absolute atomic E-state index is 0.114. The van der Waals surface area contributed by atoms with Crippen LogP contribution in [0.1, 0.15) is 15.9 Å². The standard InChI is InChI=1S/C10H8O4/c1-6-2-4-13-8(6)9-7(10(11)12)3-5-14-9/h2-5H,1H3,(H,11,12). The Morgan fingerprint density at radius 2 is 1.86 bits per heavy atom. The Morgan fingerprint density at radius 1 is 1.21 bits per heavy atom. The molecule has 0 radical (unpaired) electrons. The molecule has 2 aromatic rings. The van der Waals surface area contributed by atoms with Crippen LogP contribution in [0.25, 0.3) is 11.5 Å². The molecule has 2 rings (SSSR count). The molecule has 2 heterocycles. The maximum Gasteiger partial charge on any atom is 0.339 e. The van der Waals surface area contributed by atoms with Crippen LogP contribution in [0, 0.1) is 6.92 Å². The number of carbonyl (C=O) groups is 1. The second-order valence-corrected chi connectivity index (χ2v) is 2.90. The zero-order valence-electron chi connectivity index (χ0n) is 7.48. The average molecular weight is 192 g/mol. The molecule has 0 saturated heterocycles. The van der Waals surface area contributed by atoms with Crippen molar-refractivity contribution in [3.8, 4) is 11.5 Å². The predicted molar refractivity (Wildman–Crippen MR) is 48.1 cm³/mol. The molecule has 0 bridgehead atoms. The first-order valence-corrected chi connectivity index (χ1v) is 4.05. The summed E-state index contributed by atoms with van der Waals surface area (Å²) in [6.45, 7) is 1.83. The number of rotatable bonds is 2. The summed E-state index contributed by atoms with van der Waals surface area (Å²) in [5, 5.41) is 8.84. The van der Waals surface area contributed by atoms with E-state index in [4.69, 9.17) is 13.9 Å². The Bertz CT molecular complexity index is 464. The summed E-state index contributed by atoms with van der Waals surface area (Å²) in [5.41, 5.74) is 0.963. The summed E-state index contributed by atoms with van der Waals surface area (Å²) in [6, 6.07) is 3.16. The molecule has 0 aliphatic rings. The fourth-order valence-corrected chi connectivity index (χ4v) is 1.26. The molecular weight excluding hydrogens is 184 g/mol. The van der Waals surface area contributed by atoms with Gasteiger partial charge < -0.3 is 13.9 Å². The third-order valence-electron chi connectivity index (χ3n) is 1.96. The zero-order chi connectivity index (χ0) is 10.1. The van der Waals surface area contributed by atoms with Crippen molar-refractivity contribution < 1.29 is 18.7 Å². The van der Waals surface area contributed by atoms with Crippen molar-refractivity contribution in [2.24, 2.45) is 0 Å². The van der Waals surface area contributed by atoms with Gasteiger partial charge in [0, 0.05) is 0 Å².